The number of methoxy groups -OCH3 is 1. The molecule has 2 aromatic carbocycles. The summed E-state index contributed by atoms with van der Waals surface area (Å²) in [6, 6.07) is 21.6. The number of aliphatic hydroxyl groups excluding tert-OH is 1. The van der Waals surface area contributed by atoms with Crippen LogP contribution in [0.25, 0.3) is 11.3 Å². The van der Waals surface area contributed by atoms with E-state index in [4.69, 9.17) is 9.84 Å². The van der Waals surface area contributed by atoms with E-state index in [1.807, 2.05) is 49.5 Å². The van der Waals surface area contributed by atoms with Crippen molar-refractivity contribution in [1.82, 2.24) is 4.98 Å². The Hall–Kier alpha value is -2.36. The summed E-state index contributed by atoms with van der Waals surface area (Å²) in [5, 5.41) is 8.36. The van der Waals surface area contributed by atoms with E-state index in [1.54, 1.807) is 18.9 Å². The Labute approximate surface area is 196 Å². The minimum absolute atomic E-state index is 0. The smallest absolute Gasteiger partial charge is 0.155 e. The van der Waals surface area contributed by atoms with E-state index in [-0.39, 0.29) is 32.6 Å². The Morgan fingerprint density at radius 2 is 1.83 bits per heavy atom. The van der Waals surface area contributed by atoms with Crippen molar-refractivity contribution in [1.29, 1.82) is 0 Å². The van der Waals surface area contributed by atoms with Crippen LogP contribution < -0.4 is 4.74 Å². The number of aryl methyl sites for hydroxylation is 1. The van der Waals surface area contributed by atoms with Gasteiger partial charge in [0.1, 0.15) is 0 Å². The van der Waals surface area contributed by atoms with Gasteiger partial charge in [0.15, 0.2) is 5.78 Å². The van der Waals surface area contributed by atoms with E-state index >= 15 is 0 Å². The molecule has 0 unspecified atom stereocenters. The van der Waals surface area contributed by atoms with Gasteiger partial charge >= 0.3 is 0 Å². The molecule has 0 saturated carbocycles. The van der Waals surface area contributed by atoms with Gasteiger partial charge in [0.25, 0.3) is 0 Å². The third-order valence-corrected chi connectivity index (χ3v) is 4.72. The van der Waals surface area contributed by atoms with Crippen LogP contribution in [-0.2, 0) is 25.9 Å². The van der Waals surface area contributed by atoms with Crippen molar-refractivity contribution in [2.45, 2.75) is 30.6 Å². The van der Waals surface area contributed by atoms with Crippen LogP contribution in [0, 0.1) is 13.0 Å². The van der Waals surface area contributed by atoms with Crippen molar-refractivity contribution in [3.8, 4) is 17.0 Å². The summed E-state index contributed by atoms with van der Waals surface area (Å²) in [7, 11) is 1.66. The van der Waals surface area contributed by atoms with Gasteiger partial charge in [-0.05, 0) is 37.7 Å². The van der Waals surface area contributed by atoms with Crippen LogP contribution in [-0.4, -0.2) is 23.0 Å². The number of ether oxygens (including phenoxy) is 1. The average Bonchev–Trinajstić information content (AvgIpc) is 2.68. The zero-order valence-corrected chi connectivity index (χ0v) is 20.4. The van der Waals surface area contributed by atoms with Gasteiger partial charge in [-0.3, -0.25) is 4.79 Å². The molecule has 0 fully saturated rings. The number of allylic oxidation sites excluding steroid dienone is 2. The predicted molar refractivity (Wildman–Crippen MR) is 117 cm³/mol. The molecule has 160 valence electrons. The van der Waals surface area contributed by atoms with E-state index in [9.17, 15) is 4.79 Å². The molecule has 1 heterocycles. The number of benzene rings is 2. The van der Waals surface area contributed by atoms with Gasteiger partial charge < -0.3 is 14.8 Å². The number of hydrogen-bond donors (Lipinski definition) is 1. The largest absolute Gasteiger partial charge is 0.540 e. The fourth-order valence-electron chi connectivity index (χ4n) is 2.51. The molecule has 1 N–H and O–H groups in total. The summed E-state index contributed by atoms with van der Waals surface area (Å²) in [5.74, 6) is 0.753. The average molecular weight is 602 g/mol. The van der Waals surface area contributed by atoms with Crippen molar-refractivity contribution in [2.75, 3.05) is 7.11 Å². The van der Waals surface area contributed by atoms with Gasteiger partial charge in [-0.15, -0.1) is 29.3 Å². The third-order valence-electron chi connectivity index (χ3n) is 3.73. The van der Waals surface area contributed by atoms with Gasteiger partial charge in [0.05, 0.1) is 12.9 Å². The molecule has 3 rings (SSSR count). The molecule has 0 saturated heterocycles. The Kier molecular flexibility index (Phi) is 11.2. The molecule has 3 aromatic rings. The predicted octanol–water partition coefficient (Wildman–Crippen LogP) is 6.05. The van der Waals surface area contributed by atoms with Gasteiger partial charge in [-0.2, -0.15) is 0 Å². The molecular formula is C24H24NO3PtS-. The number of nitrogens with zero attached hydrogens (tertiary/aromatic N) is 1. The monoisotopic (exact) mass is 601 g/mol. The van der Waals surface area contributed by atoms with Crippen LogP contribution in [0.5, 0.6) is 5.75 Å². The molecule has 30 heavy (non-hydrogen) atoms. The third kappa shape index (κ3) is 8.56. The first-order chi connectivity index (χ1) is 13.9. The Balaban J connectivity index is 0.000000489. The number of rotatable bonds is 5. The Bertz CT molecular complexity index is 987. The van der Waals surface area contributed by atoms with E-state index in [2.05, 4.69) is 29.2 Å². The van der Waals surface area contributed by atoms with Gasteiger partial charge in [0.2, 0.25) is 0 Å². The van der Waals surface area contributed by atoms with Gasteiger partial charge in [-0.1, -0.05) is 43.0 Å². The fourth-order valence-corrected chi connectivity index (χ4v) is 3.37. The molecule has 0 aliphatic rings. The minimum atomic E-state index is -0.125. The molecule has 6 heteroatoms. The first-order valence-corrected chi connectivity index (χ1v) is 9.84. The van der Waals surface area contributed by atoms with Gasteiger partial charge in [0, 0.05) is 48.9 Å². The maximum absolute atomic E-state index is 10.0. The summed E-state index contributed by atoms with van der Waals surface area (Å²) in [5.41, 5.74) is 3.05. The number of aromatic nitrogens is 1. The summed E-state index contributed by atoms with van der Waals surface area (Å²) in [6.07, 6.45) is 3.01. The second-order valence-corrected chi connectivity index (χ2v) is 7.43. The normalized spacial score (nSPS) is 10.3. The number of pyridine rings is 1. The second kappa shape index (κ2) is 13.0. The van der Waals surface area contributed by atoms with Crippen LogP contribution in [0.3, 0.4) is 0 Å². The Morgan fingerprint density at radius 1 is 1.13 bits per heavy atom. The maximum Gasteiger partial charge on any atom is 0.155 e. The quantitative estimate of drug-likeness (QED) is 0.219. The van der Waals surface area contributed by atoms with Crippen LogP contribution in [0.4, 0.5) is 0 Å². The second-order valence-electron chi connectivity index (χ2n) is 6.29. The van der Waals surface area contributed by atoms with Crippen molar-refractivity contribution in [2.24, 2.45) is 0 Å². The molecular weight excluding hydrogens is 577 g/mol. The molecule has 0 aliphatic carbocycles. The van der Waals surface area contributed by atoms with E-state index in [0.717, 1.165) is 22.6 Å². The SMILES string of the molecule is CC(=O)/C=C(/C)O.COc1c[c-]c(-c2cc(Sc3ccccc3)ccn2)c(C)c1.[Pt]. The number of ketones is 1. The Morgan fingerprint density at radius 3 is 2.37 bits per heavy atom. The molecule has 1 aromatic heterocycles. The first kappa shape index (κ1) is 25.7. The van der Waals surface area contributed by atoms with Crippen molar-refractivity contribution in [3.63, 3.8) is 0 Å². The summed E-state index contributed by atoms with van der Waals surface area (Å²) >= 11 is 1.73. The van der Waals surface area contributed by atoms with Crippen LogP contribution in [0.2, 0.25) is 0 Å². The molecule has 0 aliphatic heterocycles. The molecule has 4 nitrogen and oxygen atoms in total. The molecule has 0 bridgehead atoms. The zero-order chi connectivity index (χ0) is 21.2. The van der Waals surface area contributed by atoms with Crippen LogP contribution in [0.1, 0.15) is 19.4 Å². The molecule has 0 radical (unpaired) electrons. The molecule has 0 atom stereocenters. The van der Waals surface area contributed by atoms with Gasteiger partial charge in [-0.25, -0.2) is 0 Å². The summed E-state index contributed by atoms with van der Waals surface area (Å²) in [6.45, 7) is 4.90. The van der Waals surface area contributed by atoms with Crippen LogP contribution in [0.15, 0.2) is 82.4 Å². The fraction of sp³-hybridized carbons (Fsp3) is 0.167. The van der Waals surface area contributed by atoms with Crippen molar-refractivity contribution < 1.29 is 35.7 Å². The number of aliphatic hydroxyl groups is 1. The number of carbonyl (C=O) groups excluding carboxylic acids is 1. The van der Waals surface area contributed by atoms with E-state index in [1.165, 1.54) is 29.7 Å². The van der Waals surface area contributed by atoms with Crippen molar-refractivity contribution >= 4 is 17.5 Å². The standard InChI is InChI=1S/C19H16NOS.C5H8O2.Pt/c1-14-12-15(21-2)8-9-18(14)19-13-17(10-11-20-19)22-16-6-4-3-5-7-16;1-4(6)3-5(2)7;/h3-8,10-13H,1-2H3;3,6H,1-2H3;/q-1;;/b;4-3-;. The zero-order valence-electron chi connectivity index (χ0n) is 17.3. The minimum Gasteiger partial charge on any atom is -0.540 e. The van der Waals surface area contributed by atoms with E-state index < -0.39 is 0 Å². The topological polar surface area (TPSA) is 59.4 Å². The summed E-state index contributed by atoms with van der Waals surface area (Å²) < 4.78 is 5.23. The number of carbonyl (C=O) groups is 1. The summed E-state index contributed by atoms with van der Waals surface area (Å²) in [4.78, 5) is 16.9. The van der Waals surface area contributed by atoms with Crippen LogP contribution >= 0.6 is 11.8 Å². The maximum atomic E-state index is 10.0. The number of hydrogen-bond acceptors (Lipinski definition) is 5. The molecule has 0 spiro atoms. The first-order valence-electron chi connectivity index (χ1n) is 9.02. The molecule has 0 amide bonds. The van der Waals surface area contributed by atoms with E-state index in [0.29, 0.717) is 0 Å². The van der Waals surface area contributed by atoms with Crippen molar-refractivity contribution in [3.05, 3.63) is 84.3 Å².